The zero-order valence-corrected chi connectivity index (χ0v) is 16.2. The average molecular weight is 400 g/mol. The van der Waals surface area contributed by atoms with E-state index in [9.17, 15) is 19.5 Å². The van der Waals surface area contributed by atoms with Gasteiger partial charge in [-0.25, -0.2) is 9.78 Å². The van der Waals surface area contributed by atoms with Gasteiger partial charge in [-0.2, -0.15) is 0 Å². The Kier molecular flexibility index (Phi) is 4.35. The van der Waals surface area contributed by atoms with Crippen molar-refractivity contribution in [1.82, 2.24) is 4.98 Å². The maximum atomic E-state index is 12.9. The fraction of sp³-hybridized carbons (Fsp3) is 0.250. The molecule has 0 bridgehead atoms. The highest BCUT2D eigenvalue weighted by Crippen LogP contribution is 2.40. The summed E-state index contributed by atoms with van der Waals surface area (Å²) >= 11 is 0. The third kappa shape index (κ3) is 2.87. The van der Waals surface area contributed by atoms with Gasteiger partial charge < -0.3 is 5.11 Å². The zero-order chi connectivity index (χ0) is 20.8. The van der Waals surface area contributed by atoms with Crippen LogP contribution in [0.4, 0.5) is 5.69 Å². The molecule has 2 aliphatic rings. The highest BCUT2D eigenvalue weighted by atomic mass is 16.4. The number of aromatic carboxylic acids is 1. The lowest BCUT2D eigenvalue weighted by Crippen LogP contribution is -2.30. The number of amides is 2. The van der Waals surface area contributed by atoms with Crippen LogP contribution in [0.2, 0.25) is 0 Å². The lowest BCUT2D eigenvalue weighted by atomic mass is 9.81. The smallest absolute Gasteiger partial charge is 0.336 e. The Morgan fingerprint density at radius 1 is 0.933 bits per heavy atom. The summed E-state index contributed by atoms with van der Waals surface area (Å²) in [6.07, 6.45) is 3.49. The average Bonchev–Trinajstić information content (AvgIpc) is 3.03. The molecule has 2 atom stereocenters. The van der Waals surface area contributed by atoms with Gasteiger partial charge in [-0.1, -0.05) is 43.2 Å². The molecule has 2 heterocycles. The molecule has 5 rings (SSSR count). The molecule has 1 saturated heterocycles. The van der Waals surface area contributed by atoms with Gasteiger partial charge in [0, 0.05) is 10.9 Å². The molecule has 0 radical (unpaired) electrons. The van der Waals surface area contributed by atoms with Crippen LogP contribution in [0.1, 0.15) is 36.0 Å². The van der Waals surface area contributed by atoms with Crippen LogP contribution < -0.4 is 4.90 Å². The second-order valence-corrected chi connectivity index (χ2v) is 7.94. The number of carbonyl (C=O) groups excluding carboxylic acids is 2. The summed E-state index contributed by atoms with van der Waals surface area (Å²) in [4.78, 5) is 43.6. The molecule has 6 nitrogen and oxygen atoms in total. The maximum absolute atomic E-state index is 12.9. The van der Waals surface area contributed by atoms with Gasteiger partial charge in [0.15, 0.2) is 0 Å². The Labute approximate surface area is 173 Å². The fourth-order valence-corrected chi connectivity index (χ4v) is 4.72. The first-order valence-electron chi connectivity index (χ1n) is 10.2. The van der Waals surface area contributed by atoms with Crippen molar-refractivity contribution in [3.63, 3.8) is 0 Å². The zero-order valence-electron chi connectivity index (χ0n) is 16.2. The quantitative estimate of drug-likeness (QED) is 0.663. The number of imide groups is 1. The number of anilines is 1. The van der Waals surface area contributed by atoms with E-state index in [2.05, 4.69) is 4.98 Å². The van der Waals surface area contributed by atoms with Crippen molar-refractivity contribution in [2.75, 3.05) is 4.90 Å². The summed E-state index contributed by atoms with van der Waals surface area (Å²) < 4.78 is 0. The van der Waals surface area contributed by atoms with Crippen molar-refractivity contribution in [2.24, 2.45) is 11.8 Å². The summed E-state index contributed by atoms with van der Waals surface area (Å²) in [7, 11) is 0. The largest absolute Gasteiger partial charge is 0.478 e. The molecule has 0 unspecified atom stereocenters. The topological polar surface area (TPSA) is 87.6 Å². The first-order chi connectivity index (χ1) is 14.5. The van der Waals surface area contributed by atoms with Crippen LogP contribution in [0, 0.1) is 11.8 Å². The molecule has 3 aromatic rings. The van der Waals surface area contributed by atoms with Crippen LogP contribution in [-0.4, -0.2) is 27.9 Å². The van der Waals surface area contributed by atoms with Gasteiger partial charge >= 0.3 is 5.97 Å². The lowest BCUT2D eigenvalue weighted by molar-refractivity contribution is -0.122. The Bertz CT molecular complexity index is 1180. The van der Waals surface area contributed by atoms with Crippen LogP contribution in [0.3, 0.4) is 0 Å². The molecule has 30 heavy (non-hydrogen) atoms. The first kappa shape index (κ1) is 18.5. The minimum atomic E-state index is -1.03. The fourth-order valence-electron chi connectivity index (χ4n) is 4.72. The predicted octanol–water partition coefficient (Wildman–Crippen LogP) is 4.28. The number of rotatable bonds is 3. The van der Waals surface area contributed by atoms with E-state index in [4.69, 9.17) is 0 Å². The van der Waals surface area contributed by atoms with E-state index in [1.54, 1.807) is 36.4 Å². The molecule has 2 aromatic carbocycles. The number of para-hydroxylation sites is 1. The summed E-state index contributed by atoms with van der Waals surface area (Å²) in [5.74, 6) is -1.71. The van der Waals surface area contributed by atoms with Gasteiger partial charge in [0.1, 0.15) is 0 Å². The van der Waals surface area contributed by atoms with Crippen molar-refractivity contribution >= 4 is 34.4 Å². The number of fused-ring (bicyclic) bond motifs is 2. The van der Waals surface area contributed by atoms with E-state index in [0.29, 0.717) is 27.8 Å². The minimum absolute atomic E-state index is 0.125. The van der Waals surface area contributed by atoms with E-state index in [1.165, 1.54) is 11.0 Å². The highest BCUT2D eigenvalue weighted by Gasteiger charge is 2.48. The van der Waals surface area contributed by atoms with Crippen molar-refractivity contribution in [2.45, 2.75) is 25.7 Å². The van der Waals surface area contributed by atoms with E-state index in [-0.39, 0.29) is 29.2 Å². The molecule has 1 aliphatic heterocycles. The number of carboxylic acid groups (broad SMARTS) is 1. The van der Waals surface area contributed by atoms with Gasteiger partial charge in [-0.05, 0) is 37.1 Å². The van der Waals surface area contributed by atoms with Gasteiger partial charge in [-0.3, -0.25) is 14.5 Å². The van der Waals surface area contributed by atoms with Crippen molar-refractivity contribution in [3.05, 3.63) is 60.2 Å². The number of carbonyl (C=O) groups is 3. The van der Waals surface area contributed by atoms with Crippen molar-refractivity contribution in [3.8, 4) is 11.3 Å². The van der Waals surface area contributed by atoms with Crippen LogP contribution in [0.15, 0.2) is 54.6 Å². The number of pyridine rings is 1. The maximum Gasteiger partial charge on any atom is 0.336 e. The molecule has 150 valence electrons. The van der Waals surface area contributed by atoms with Gasteiger partial charge in [-0.15, -0.1) is 0 Å². The predicted molar refractivity (Wildman–Crippen MR) is 112 cm³/mol. The molecule has 0 spiro atoms. The van der Waals surface area contributed by atoms with Crippen LogP contribution in [0.5, 0.6) is 0 Å². The number of benzene rings is 2. The normalized spacial score (nSPS) is 21.1. The minimum Gasteiger partial charge on any atom is -0.478 e. The Morgan fingerprint density at radius 2 is 1.63 bits per heavy atom. The number of nitrogens with zero attached hydrogens (tertiary/aromatic N) is 2. The number of aromatic nitrogens is 1. The molecule has 6 heteroatoms. The molecule has 1 saturated carbocycles. The Morgan fingerprint density at radius 3 is 2.33 bits per heavy atom. The van der Waals surface area contributed by atoms with Crippen molar-refractivity contribution < 1.29 is 19.5 Å². The second-order valence-electron chi connectivity index (χ2n) is 7.94. The second kappa shape index (κ2) is 7.06. The van der Waals surface area contributed by atoms with Crippen LogP contribution in [0.25, 0.3) is 22.2 Å². The van der Waals surface area contributed by atoms with Crippen LogP contribution >= 0.6 is 0 Å². The Hall–Kier alpha value is -3.54. The number of hydrogen-bond acceptors (Lipinski definition) is 4. The summed E-state index contributed by atoms with van der Waals surface area (Å²) in [6, 6.07) is 15.7. The summed E-state index contributed by atoms with van der Waals surface area (Å²) in [5, 5.41) is 10.2. The lowest BCUT2D eigenvalue weighted by Gasteiger charge is -2.19. The van der Waals surface area contributed by atoms with Gasteiger partial charge in [0.05, 0.1) is 34.3 Å². The highest BCUT2D eigenvalue weighted by molar-refractivity contribution is 6.22. The summed E-state index contributed by atoms with van der Waals surface area (Å²) in [5.41, 5.74) is 2.42. The monoisotopic (exact) mass is 400 g/mol. The van der Waals surface area contributed by atoms with Gasteiger partial charge in [0.25, 0.3) is 0 Å². The third-order valence-corrected chi connectivity index (χ3v) is 6.19. The molecule has 2 fully saturated rings. The third-order valence-electron chi connectivity index (χ3n) is 6.19. The standard InChI is InChI=1S/C24H20N2O4/c27-22-17-9-1-2-10-18(17)23(28)26(22)15-7-5-6-14(12-15)21-13-19(24(29)30)16-8-3-4-11-20(16)25-21/h3-8,11-13,17-18H,1-2,9-10H2,(H,29,30)/t17-,18-/m1/s1. The first-order valence-corrected chi connectivity index (χ1v) is 10.2. The molecule has 1 N–H and O–H groups in total. The van der Waals surface area contributed by atoms with Gasteiger partial charge in [0.2, 0.25) is 11.8 Å². The molecular formula is C24H20N2O4. The summed E-state index contributed by atoms with van der Waals surface area (Å²) in [6.45, 7) is 0. The molecule has 2 amide bonds. The molecule has 1 aliphatic carbocycles. The number of carboxylic acids is 1. The Balaban J connectivity index is 1.58. The van der Waals surface area contributed by atoms with E-state index in [0.717, 1.165) is 25.7 Å². The van der Waals surface area contributed by atoms with E-state index < -0.39 is 5.97 Å². The number of hydrogen-bond donors (Lipinski definition) is 1. The van der Waals surface area contributed by atoms with E-state index in [1.807, 2.05) is 12.1 Å². The van der Waals surface area contributed by atoms with Crippen LogP contribution in [-0.2, 0) is 9.59 Å². The van der Waals surface area contributed by atoms with Crippen molar-refractivity contribution in [1.29, 1.82) is 0 Å². The SMILES string of the molecule is O=C(O)c1cc(-c2cccc(N3C(=O)[C@@H]4CCCC[C@H]4C3=O)c2)nc2ccccc12. The molecule has 1 aromatic heterocycles. The molecular weight excluding hydrogens is 380 g/mol. The van der Waals surface area contributed by atoms with E-state index >= 15 is 0 Å².